The summed E-state index contributed by atoms with van der Waals surface area (Å²) in [5.41, 5.74) is 4.13. The zero-order valence-electron chi connectivity index (χ0n) is 31.3. The Morgan fingerprint density at radius 1 is 0.392 bits per heavy atom. The summed E-state index contributed by atoms with van der Waals surface area (Å²) in [7, 11) is 0. The average molecular weight is 731 g/mol. The van der Waals surface area contributed by atoms with Gasteiger partial charge in [-0.15, -0.1) is 0 Å². The number of hydrogen-bond donors (Lipinski definition) is 0. The number of rotatable bonds is 26. The smallest absolute Gasteiger partial charge is 0.127 e. The summed E-state index contributed by atoms with van der Waals surface area (Å²) < 4.78 is 31.4. The lowest BCUT2D eigenvalue weighted by Crippen LogP contribution is -2.01. The molecule has 0 heterocycles. The minimum absolute atomic E-state index is 0.686. The minimum atomic E-state index is 0.686. The maximum atomic E-state index is 6.37. The molecular weight excluding hydrogens is 673 g/mol. The molecule has 4 aromatic rings. The van der Waals surface area contributed by atoms with Gasteiger partial charge in [0.2, 0.25) is 0 Å². The molecule has 0 saturated heterocycles. The van der Waals surface area contributed by atoms with Crippen LogP contribution < -0.4 is 18.9 Å². The summed E-state index contributed by atoms with van der Waals surface area (Å²) in [6, 6.07) is 29.1. The van der Waals surface area contributed by atoms with Gasteiger partial charge in [-0.2, -0.15) is 0 Å². The van der Waals surface area contributed by atoms with Crippen LogP contribution >= 0.6 is 24.1 Å². The minimum Gasteiger partial charge on any atom is -0.494 e. The van der Waals surface area contributed by atoms with E-state index in [4.69, 9.17) is 22.6 Å². The van der Waals surface area contributed by atoms with Crippen molar-refractivity contribution in [2.45, 2.75) is 115 Å². The zero-order chi connectivity index (χ0) is 35.9. The number of unbranched alkanes of at least 4 members (excludes halogenated alkanes) is 8. The van der Waals surface area contributed by atoms with Crippen LogP contribution in [0.4, 0.5) is 0 Å². The number of ether oxygens (including phenoxy) is 4. The van der Waals surface area contributed by atoms with E-state index < -0.39 is 0 Å². The van der Waals surface area contributed by atoms with Crippen LogP contribution in [0.2, 0.25) is 0 Å². The van der Waals surface area contributed by atoms with Crippen molar-refractivity contribution in [2.24, 2.45) is 0 Å². The largest absolute Gasteiger partial charge is 0.494 e. The van der Waals surface area contributed by atoms with E-state index in [0.717, 1.165) is 119 Å². The lowest BCUT2D eigenvalue weighted by molar-refractivity contribution is 0.299. The molecule has 51 heavy (non-hydrogen) atoms. The van der Waals surface area contributed by atoms with E-state index in [1.165, 1.54) is 36.9 Å². The standard InChI is InChI=1S/C44H58O5S2/c1-5-9-17-29-45-35-25-27-41(47-31-19-11-7-3)39(33-35)37-21-13-15-23-43(37)50-49-51-44-24-16-14-22-38(44)40-34-36(46-30-18-10-6-2)26-28-42(40)48-32-20-12-8-4/h13-16,21-28,33-34H,5-12,17-20,29-32H2,1-4H3. The number of hydrogen-bond acceptors (Lipinski definition) is 7. The van der Waals surface area contributed by atoms with Gasteiger partial charge < -0.3 is 18.9 Å². The highest BCUT2D eigenvalue weighted by atomic mass is 32.2. The third kappa shape index (κ3) is 13.7. The molecule has 0 fully saturated rings. The van der Waals surface area contributed by atoms with Crippen LogP contribution in [-0.2, 0) is 3.63 Å². The van der Waals surface area contributed by atoms with Crippen LogP contribution in [0.1, 0.15) is 105 Å². The maximum Gasteiger partial charge on any atom is 0.127 e. The summed E-state index contributed by atoms with van der Waals surface area (Å²) in [5.74, 6) is 3.44. The van der Waals surface area contributed by atoms with E-state index >= 15 is 0 Å². The van der Waals surface area contributed by atoms with Crippen LogP contribution in [0.3, 0.4) is 0 Å². The fourth-order valence-corrected chi connectivity index (χ4v) is 7.16. The van der Waals surface area contributed by atoms with Crippen molar-refractivity contribution < 1.29 is 22.6 Å². The molecule has 0 aliphatic rings. The predicted molar refractivity (Wildman–Crippen MR) is 217 cm³/mol. The van der Waals surface area contributed by atoms with Gasteiger partial charge in [0.15, 0.2) is 0 Å². The van der Waals surface area contributed by atoms with E-state index in [0.29, 0.717) is 26.4 Å². The van der Waals surface area contributed by atoms with Gasteiger partial charge in [0, 0.05) is 56.1 Å². The molecule has 0 aromatic heterocycles. The van der Waals surface area contributed by atoms with Crippen molar-refractivity contribution in [2.75, 3.05) is 26.4 Å². The van der Waals surface area contributed by atoms with Gasteiger partial charge in [-0.25, -0.2) is 3.63 Å². The molecule has 5 nitrogen and oxygen atoms in total. The third-order valence-electron chi connectivity index (χ3n) is 8.55. The van der Waals surface area contributed by atoms with Crippen LogP contribution in [-0.4, -0.2) is 26.4 Å². The molecule has 4 aromatic carbocycles. The Labute approximate surface area is 316 Å². The zero-order valence-corrected chi connectivity index (χ0v) is 32.9. The van der Waals surface area contributed by atoms with Gasteiger partial charge in [-0.1, -0.05) is 115 Å². The van der Waals surface area contributed by atoms with Crippen LogP contribution in [0, 0.1) is 0 Å². The second-order valence-electron chi connectivity index (χ2n) is 12.8. The SMILES string of the molecule is CCCCCOc1ccc(OCCCCC)c(-c2ccccc2SOSc2ccccc2-c2cc(OCCCCC)ccc2OCCCCC)c1. The van der Waals surface area contributed by atoms with Gasteiger partial charge in [0.25, 0.3) is 0 Å². The second-order valence-corrected chi connectivity index (χ2v) is 14.5. The summed E-state index contributed by atoms with van der Waals surface area (Å²) in [4.78, 5) is 2.01. The van der Waals surface area contributed by atoms with Gasteiger partial charge >= 0.3 is 0 Å². The van der Waals surface area contributed by atoms with Crippen molar-refractivity contribution in [3.63, 3.8) is 0 Å². The molecular formula is C44H58O5S2. The van der Waals surface area contributed by atoms with Gasteiger partial charge in [0.05, 0.1) is 26.4 Å². The van der Waals surface area contributed by atoms with E-state index in [9.17, 15) is 0 Å². The highest BCUT2D eigenvalue weighted by Crippen LogP contribution is 2.44. The fraction of sp³-hybridized carbons (Fsp3) is 0.455. The molecule has 0 N–H and O–H groups in total. The van der Waals surface area contributed by atoms with Gasteiger partial charge in [-0.3, -0.25) is 0 Å². The highest BCUT2D eigenvalue weighted by molar-refractivity contribution is 8.08. The Morgan fingerprint density at radius 3 is 1.16 bits per heavy atom. The Balaban J connectivity index is 1.55. The Hall–Kier alpha value is -3.26. The van der Waals surface area contributed by atoms with Crippen LogP contribution in [0.15, 0.2) is 94.7 Å². The quantitative estimate of drug-likeness (QED) is 0.0471. The molecule has 0 unspecified atom stereocenters. The van der Waals surface area contributed by atoms with E-state index in [2.05, 4.69) is 88.4 Å². The summed E-state index contributed by atoms with van der Waals surface area (Å²) >= 11 is 2.73. The Bertz CT molecular complexity index is 1440. The second kappa shape index (κ2) is 24.1. The van der Waals surface area contributed by atoms with E-state index in [1.54, 1.807) is 0 Å². The van der Waals surface area contributed by atoms with Crippen molar-refractivity contribution in [1.29, 1.82) is 0 Å². The van der Waals surface area contributed by atoms with Crippen molar-refractivity contribution >= 4 is 24.1 Å². The first-order chi connectivity index (χ1) is 25.2. The molecule has 0 aliphatic heterocycles. The van der Waals surface area contributed by atoms with Crippen molar-refractivity contribution in [3.8, 4) is 45.3 Å². The summed E-state index contributed by atoms with van der Waals surface area (Å²) in [6.45, 7) is 11.6. The summed E-state index contributed by atoms with van der Waals surface area (Å²) in [6.07, 6.45) is 13.4. The topological polar surface area (TPSA) is 46.2 Å². The molecule has 0 amide bonds. The highest BCUT2D eigenvalue weighted by Gasteiger charge is 2.17. The van der Waals surface area contributed by atoms with Crippen LogP contribution in [0.25, 0.3) is 22.3 Å². The van der Waals surface area contributed by atoms with Gasteiger partial charge in [0.1, 0.15) is 23.0 Å². The lowest BCUT2D eigenvalue weighted by atomic mass is 10.0. The molecule has 0 bridgehead atoms. The molecule has 4 rings (SSSR count). The molecule has 276 valence electrons. The molecule has 0 aliphatic carbocycles. The Morgan fingerprint density at radius 2 is 0.765 bits per heavy atom. The number of benzene rings is 4. The average Bonchev–Trinajstić information content (AvgIpc) is 3.16. The monoisotopic (exact) mass is 730 g/mol. The van der Waals surface area contributed by atoms with E-state index in [-0.39, 0.29) is 0 Å². The summed E-state index contributed by atoms with van der Waals surface area (Å²) in [5, 5.41) is 0. The lowest BCUT2D eigenvalue weighted by Gasteiger charge is -2.17. The molecule has 7 heteroatoms. The molecule has 0 radical (unpaired) electrons. The van der Waals surface area contributed by atoms with E-state index in [1.807, 2.05) is 24.3 Å². The van der Waals surface area contributed by atoms with Crippen LogP contribution in [0.5, 0.6) is 23.0 Å². The van der Waals surface area contributed by atoms with Crippen molar-refractivity contribution in [3.05, 3.63) is 84.9 Å². The van der Waals surface area contributed by atoms with Gasteiger partial charge in [-0.05, 0) is 74.2 Å². The first-order valence-corrected chi connectivity index (χ1v) is 20.7. The Kier molecular flexibility index (Phi) is 19.1. The third-order valence-corrected chi connectivity index (χ3v) is 10.2. The fourth-order valence-electron chi connectivity index (χ4n) is 5.64. The predicted octanol–water partition coefficient (Wildman–Crippen LogP) is 14.0. The van der Waals surface area contributed by atoms with Crippen molar-refractivity contribution in [1.82, 2.24) is 0 Å². The first-order valence-electron chi connectivity index (χ1n) is 19.2. The molecule has 0 spiro atoms. The maximum absolute atomic E-state index is 6.37. The molecule has 0 saturated carbocycles. The molecule has 0 atom stereocenters. The normalized spacial score (nSPS) is 11.1. The first kappa shape index (κ1) is 40.5.